The molecule has 0 saturated carbocycles. The number of hydrogen-bond donors (Lipinski definition) is 1. The van der Waals surface area contributed by atoms with Crippen LogP contribution < -0.4 is 5.32 Å². The van der Waals surface area contributed by atoms with E-state index in [9.17, 15) is 14.4 Å². The van der Waals surface area contributed by atoms with E-state index in [0.717, 1.165) is 107 Å². The van der Waals surface area contributed by atoms with Gasteiger partial charge in [-0.15, -0.1) is 23.7 Å². The van der Waals surface area contributed by atoms with Crippen molar-refractivity contribution in [3.8, 4) is 23.7 Å². The van der Waals surface area contributed by atoms with Crippen LogP contribution in [0.15, 0.2) is 18.2 Å². The van der Waals surface area contributed by atoms with Gasteiger partial charge in [-0.1, -0.05) is 70.6 Å². The summed E-state index contributed by atoms with van der Waals surface area (Å²) < 4.78 is 28.9. The summed E-state index contributed by atoms with van der Waals surface area (Å²) in [5.74, 6) is 11.9. The molecule has 1 aliphatic heterocycles. The third kappa shape index (κ3) is 25.6. The van der Waals surface area contributed by atoms with Crippen molar-refractivity contribution in [3.63, 3.8) is 0 Å². The van der Waals surface area contributed by atoms with Gasteiger partial charge in [0.05, 0.1) is 19.6 Å². The monoisotopic (exact) mass is 781 g/mol. The Kier molecular flexibility index (Phi) is 28.2. The first kappa shape index (κ1) is 48.6. The molecular formula is C46H72N2O8. The summed E-state index contributed by atoms with van der Waals surface area (Å²) in [6, 6.07) is 5.79. The van der Waals surface area contributed by atoms with E-state index in [0.29, 0.717) is 45.4 Å². The highest BCUT2D eigenvalue weighted by molar-refractivity contribution is 5.70. The molecule has 1 aliphatic rings. The molecule has 1 fully saturated rings. The Bertz CT molecular complexity index is 1320. The van der Waals surface area contributed by atoms with Crippen LogP contribution in [0.3, 0.4) is 0 Å². The molecule has 1 heterocycles. The molecule has 1 N–H and O–H groups in total. The summed E-state index contributed by atoms with van der Waals surface area (Å²) in [5, 5.41) is 2.88. The highest BCUT2D eigenvalue weighted by Gasteiger charge is 2.18. The molecule has 56 heavy (non-hydrogen) atoms. The van der Waals surface area contributed by atoms with Crippen molar-refractivity contribution < 1.29 is 38.1 Å². The SMILES string of the molecule is CCCCC#CCCOC(CCC(=O)OCc1cc(C)cc(COC(=O)CCC(CCCCCC)OC(=O)NCCN2CCCC2)c1)OCCC#CCCCC. The van der Waals surface area contributed by atoms with E-state index < -0.39 is 12.4 Å². The molecule has 0 aromatic heterocycles. The molecular weight excluding hydrogens is 709 g/mol. The van der Waals surface area contributed by atoms with Gasteiger partial charge in [0.15, 0.2) is 6.29 Å². The lowest BCUT2D eigenvalue weighted by atomic mass is 10.1. The number of esters is 2. The van der Waals surface area contributed by atoms with E-state index in [1.807, 2.05) is 25.1 Å². The minimum Gasteiger partial charge on any atom is -0.461 e. The lowest BCUT2D eigenvalue weighted by Crippen LogP contribution is -2.35. The molecule has 1 aromatic carbocycles. The molecule has 2 rings (SSSR count). The van der Waals surface area contributed by atoms with E-state index in [1.54, 1.807) is 0 Å². The molecule has 0 spiro atoms. The number of nitrogens with one attached hydrogen (secondary N) is 1. The standard InChI is InChI=1S/C46H72N2O8/c1-5-8-11-14-16-21-32-52-45(53-33-22-17-15-12-9-6-2)27-26-44(50)55-38-41-35-39(4)34-40(36-41)37-54-43(49)25-24-42(23-18-13-10-7-3)56-46(51)47-28-31-48-29-19-20-30-48/h34-36,42,45H,5-13,18-33,37-38H2,1-4H3,(H,47,51). The maximum atomic E-state index is 12.8. The smallest absolute Gasteiger partial charge is 0.407 e. The Morgan fingerprint density at radius 1 is 0.696 bits per heavy atom. The Hall–Kier alpha value is -3.57. The van der Waals surface area contributed by atoms with Gasteiger partial charge in [0.25, 0.3) is 0 Å². The molecule has 1 saturated heterocycles. The number of benzene rings is 1. The fraction of sp³-hybridized carbons (Fsp3) is 0.717. The zero-order valence-corrected chi connectivity index (χ0v) is 35.2. The third-order valence-corrected chi connectivity index (χ3v) is 9.42. The molecule has 10 heteroatoms. The van der Waals surface area contributed by atoms with E-state index in [-0.39, 0.29) is 44.1 Å². The van der Waals surface area contributed by atoms with Crippen LogP contribution in [0.4, 0.5) is 4.79 Å². The molecule has 10 nitrogen and oxygen atoms in total. The van der Waals surface area contributed by atoms with Crippen molar-refractivity contribution >= 4 is 18.0 Å². The van der Waals surface area contributed by atoms with Crippen molar-refractivity contribution in [2.45, 2.75) is 175 Å². The van der Waals surface area contributed by atoms with E-state index in [1.165, 1.54) is 12.8 Å². The van der Waals surface area contributed by atoms with Crippen LogP contribution in [0.2, 0.25) is 0 Å². The first-order valence-electron chi connectivity index (χ1n) is 21.5. The van der Waals surface area contributed by atoms with Crippen molar-refractivity contribution in [1.29, 1.82) is 0 Å². The number of carbonyl (C=O) groups excluding carboxylic acids is 3. The van der Waals surface area contributed by atoms with Crippen LogP contribution in [-0.4, -0.2) is 74.7 Å². The lowest BCUT2D eigenvalue weighted by Gasteiger charge is -2.19. The van der Waals surface area contributed by atoms with Crippen LogP contribution in [0.5, 0.6) is 0 Å². The van der Waals surface area contributed by atoms with E-state index in [2.05, 4.69) is 54.7 Å². The predicted octanol–water partition coefficient (Wildman–Crippen LogP) is 9.33. The third-order valence-electron chi connectivity index (χ3n) is 9.42. The first-order valence-corrected chi connectivity index (χ1v) is 21.5. The van der Waals surface area contributed by atoms with Crippen LogP contribution in [0, 0.1) is 30.6 Å². The second-order valence-corrected chi connectivity index (χ2v) is 14.7. The number of rotatable bonds is 29. The topological polar surface area (TPSA) is 113 Å². The van der Waals surface area contributed by atoms with Gasteiger partial charge in [-0.05, 0) is 82.2 Å². The lowest BCUT2D eigenvalue weighted by molar-refractivity contribution is -0.158. The summed E-state index contributed by atoms with van der Waals surface area (Å²) in [4.78, 5) is 40.5. The Balaban J connectivity index is 1.80. The number of unbranched alkanes of at least 4 members (excludes halogenated alkanes) is 7. The molecule has 314 valence electrons. The van der Waals surface area contributed by atoms with Crippen molar-refractivity contribution in [2.24, 2.45) is 0 Å². The summed E-state index contributed by atoms with van der Waals surface area (Å²) in [7, 11) is 0. The largest absolute Gasteiger partial charge is 0.461 e. The number of likely N-dealkylation sites (tertiary alicyclic amines) is 1. The average molecular weight is 781 g/mol. The zero-order chi connectivity index (χ0) is 40.5. The molecule has 1 amide bonds. The maximum absolute atomic E-state index is 12.8. The number of amides is 1. The minimum absolute atomic E-state index is 0.1000. The highest BCUT2D eigenvalue weighted by Crippen LogP contribution is 2.17. The van der Waals surface area contributed by atoms with Crippen LogP contribution >= 0.6 is 0 Å². The number of alkyl carbamates (subject to hydrolysis) is 1. The van der Waals surface area contributed by atoms with Gasteiger partial charge in [0.2, 0.25) is 0 Å². The minimum atomic E-state index is -0.539. The Morgan fingerprint density at radius 3 is 1.82 bits per heavy atom. The first-order chi connectivity index (χ1) is 27.3. The van der Waals surface area contributed by atoms with Crippen molar-refractivity contribution in [2.75, 3.05) is 39.4 Å². The fourth-order valence-electron chi connectivity index (χ4n) is 6.26. The number of carbonyl (C=O) groups is 3. The second-order valence-electron chi connectivity index (χ2n) is 14.7. The van der Waals surface area contributed by atoms with Gasteiger partial charge in [0.1, 0.15) is 19.3 Å². The molecule has 1 unspecified atom stereocenters. The molecule has 1 aromatic rings. The highest BCUT2D eigenvalue weighted by atomic mass is 16.7. The van der Waals surface area contributed by atoms with Gasteiger partial charge >= 0.3 is 18.0 Å². The number of nitrogens with zero attached hydrogens (tertiary/aromatic N) is 1. The Morgan fingerprint density at radius 2 is 1.25 bits per heavy atom. The van der Waals surface area contributed by atoms with Gasteiger partial charge < -0.3 is 33.9 Å². The van der Waals surface area contributed by atoms with E-state index >= 15 is 0 Å². The summed E-state index contributed by atoms with van der Waals surface area (Å²) in [6.45, 7) is 13.0. The quantitative estimate of drug-likeness (QED) is 0.0280. The van der Waals surface area contributed by atoms with Crippen molar-refractivity contribution in [1.82, 2.24) is 10.2 Å². The normalized spacial score (nSPS) is 13.0. The Labute approximate surface area is 338 Å². The number of hydrogen-bond acceptors (Lipinski definition) is 9. The summed E-state index contributed by atoms with van der Waals surface area (Å²) in [6.07, 6.45) is 14.6. The number of ether oxygens (including phenoxy) is 5. The number of aryl methyl sites for hydroxylation is 1. The van der Waals surface area contributed by atoms with E-state index in [4.69, 9.17) is 23.7 Å². The van der Waals surface area contributed by atoms with Crippen LogP contribution in [0.25, 0.3) is 0 Å². The van der Waals surface area contributed by atoms with Gasteiger partial charge in [-0.25, -0.2) is 4.79 Å². The van der Waals surface area contributed by atoms with Crippen molar-refractivity contribution in [3.05, 3.63) is 34.9 Å². The zero-order valence-electron chi connectivity index (χ0n) is 35.2. The molecule has 1 atom stereocenters. The molecule has 0 bridgehead atoms. The average Bonchev–Trinajstić information content (AvgIpc) is 3.71. The van der Waals surface area contributed by atoms with Crippen LogP contribution in [0.1, 0.15) is 159 Å². The second kappa shape index (κ2) is 32.5. The molecule has 0 radical (unpaired) electrons. The fourth-order valence-corrected chi connectivity index (χ4v) is 6.26. The van der Waals surface area contributed by atoms with Crippen LogP contribution in [-0.2, 0) is 46.5 Å². The molecule has 0 aliphatic carbocycles. The maximum Gasteiger partial charge on any atom is 0.407 e. The van der Waals surface area contributed by atoms with Gasteiger partial charge in [0, 0.05) is 51.6 Å². The van der Waals surface area contributed by atoms with Gasteiger partial charge in [-0.2, -0.15) is 0 Å². The predicted molar refractivity (Wildman–Crippen MR) is 221 cm³/mol. The summed E-state index contributed by atoms with van der Waals surface area (Å²) in [5.41, 5.74) is 2.60. The summed E-state index contributed by atoms with van der Waals surface area (Å²) >= 11 is 0. The van der Waals surface area contributed by atoms with Gasteiger partial charge in [-0.3, -0.25) is 9.59 Å².